The molecule has 1 aliphatic rings. The molecule has 1 nitrogen and oxygen atoms in total. The molecule has 0 bridgehead atoms. The zero-order valence-corrected chi connectivity index (χ0v) is 18.3. The summed E-state index contributed by atoms with van der Waals surface area (Å²) in [5.41, 5.74) is 5.51. The highest BCUT2D eigenvalue weighted by Crippen LogP contribution is 2.30. The van der Waals surface area contributed by atoms with Crippen molar-refractivity contribution >= 4 is 0 Å². The van der Waals surface area contributed by atoms with Crippen LogP contribution in [0.2, 0.25) is 0 Å². The van der Waals surface area contributed by atoms with E-state index in [1.807, 2.05) is 0 Å². The van der Waals surface area contributed by atoms with Gasteiger partial charge in [0.25, 0.3) is 0 Å². The average Bonchev–Trinajstić information content (AvgIpc) is 2.76. The first-order valence-electron chi connectivity index (χ1n) is 11.3. The van der Waals surface area contributed by atoms with Gasteiger partial charge < -0.3 is 0 Å². The van der Waals surface area contributed by atoms with E-state index < -0.39 is 0 Å². The van der Waals surface area contributed by atoms with Crippen LogP contribution in [0, 0.1) is 5.92 Å². The SMILES string of the molecule is C=CC(c1ccc(CC(=C)CC)cc1)C(C)N1CCC(Cc2ccccc2)CC1. The van der Waals surface area contributed by atoms with Crippen LogP contribution in [0.15, 0.2) is 79.4 Å². The number of allylic oxidation sites excluding steroid dienone is 1. The van der Waals surface area contributed by atoms with E-state index in [0.29, 0.717) is 12.0 Å². The quantitative estimate of drug-likeness (QED) is 0.427. The highest BCUT2D eigenvalue weighted by Gasteiger charge is 2.27. The molecule has 1 aliphatic heterocycles. The van der Waals surface area contributed by atoms with Crippen LogP contribution in [0.1, 0.15) is 55.7 Å². The molecule has 154 valence electrons. The molecular formula is C28H37N. The van der Waals surface area contributed by atoms with Gasteiger partial charge >= 0.3 is 0 Å². The Kier molecular flexibility index (Phi) is 7.89. The van der Waals surface area contributed by atoms with E-state index in [9.17, 15) is 0 Å². The summed E-state index contributed by atoms with van der Waals surface area (Å²) in [6.45, 7) is 15.2. The van der Waals surface area contributed by atoms with Crippen molar-refractivity contribution in [3.63, 3.8) is 0 Å². The Morgan fingerprint density at radius 3 is 2.28 bits per heavy atom. The number of hydrogen-bond donors (Lipinski definition) is 0. The predicted molar refractivity (Wildman–Crippen MR) is 126 cm³/mol. The van der Waals surface area contributed by atoms with Crippen LogP contribution >= 0.6 is 0 Å². The van der Waals surface area contributed by atoms with Crippen LogP contribution in [0.4, 0.5) is 0 Å². The molecule has 3 rings (SSSR count). The molecule has 0 radical (unpaired) electrons. The minimum Gasteiger partial charge on any atom is -0.300 e. The van der Waals surface area contributed by atoms with Crippen LogP contribution in [0.3, 0.4) is 0 Å². The van der Waals surface area contributed by atoms with E-state index in [-0.39, 0.29) is 0 Å². The fraction of sp³-hybridized carbons (Fsp3) is 0.429. The summed E-state index contributed by atoms with van der Waals surface area (Å²) >= 11 is 0. The highest BCUT2D eigenvalue weighted by molar-refractivity contribution is 5.31. The first-order chi connectivity index (χ1) is 14.1. The number of rotatable bonds is 9. The summed E-state index contributed by atoms with van der Waals surface area (Å²) in [6.07, 6.45) is 7.98. The Bertz CT molecular complexity index is 766. The summed E-state index contributed by atoms with van der Waals surface area (Å²) < 4.78 is 0. The monoisotopic (exact) mass is 387 g/mol. The molecule has 0 N–H and O–H groups in total. The minimum absolute atomic E-state index is 0.379. The molecular weight excluding hydrogens is 350 g/mol. The Morgan fingerprint density at radius 1 is 1.03 bits per heavy atom. The van der Waals surface area contributed by atoms with Gasteiger partial charge in [0.05, 0.1) is 0 Å². The van der Waals surface area contributed by atoms with Crippen LogP contribution in [-0.4, -0.2) is 24.0 Å². The van der Waals surface area contributed by atoms with Gasteiger partial charge in [0.15, 0.2) is 0 Å². The first-order valence-corrected chi connectivity index (χ1v) is 11.3. The molecule has 1 heterocycles. The molecule has 0 saturated carbocycles. The fourth-order valence-corrected chi connectivity index (χ4v) is 4.62. The largest absolute Gasteiger partial charge is 0.300 e. The lowest BCUT2D eigenvalue weighted by Crippen LogP contribution is -2.42. The number of nitrogens with zero attached hydrogens (tertiary/aromatic N) is 1. The third kappa shape index (κ3) is 5.93. The minimum atomic E-state index is 0.379. The van der Waals surface area contributed by atoms with Crippen molar-refractivity contribution in [1.29, 1.82) is 0 Å². The van der Waals surface area contributed by atoms with Gasteiger partial charge in [0.2, 0.25) is 0 Å². The van der Waals surface area contributed by atoms with Crippen molar-refractivity contribution in [2.75, 3.05) is 13.1 Å². The van der Waals surface area contributed by atoms with Crippen LogP contribution in [0.25, 0.3) is 0 Å². The van der Waals surface area contributed by atoms with Gasteiger partial charge in [-0.15, -0.1) is 6.58 Å². The first kappa shape index (κ1) is 21.6. The zero-order chi connectivity index (χ0) is 20.6. The summed E-state index contributed by atoms with van der Waals surface area (Å²) in [7, 11) is 0. The van der Waals surface area contributed by atoms with E-state index in [4.69, 9.17) is 0 Å². The lowest BCUT2D eigenvalue weighted by molar-refractivity contribution is 0.132. The van der Waals surface area contributed by atoms with Gasteiger partial charge in [-0.3, -0.25) is 4.90 Å². The van der Waals surface area contributed by atoms with E-state index in [1.165, 1.54) is 54.6 Å². The van der Waals surface area contributed by atoms with Gasteiger partial charge in [0.1, 0.15) is 0 Å². The van der Waals surface area contributed by atoms with Crippen molar-refractivity contribution in [2.45, 2.75) is 57.9 Å². The normalized spacial score (nSPS) is 17.6. The second kappa shape index (κ2) is 10.6. The molecule has 29 heavy (non-hydrogen) atoms. The van der Waals surface area contributed by atoms with Gasteiger partial charge in [-0.25, -0.2) is 0 Å². The molecule has 0 aliphatic carbocycles. The van der Waals surface area contributed by atoms with Crippen molar-refractivity contribution in [3.05, 3.63) is 96.1 Å². The number of benzene rings is 2. The maximum Gasteiger partial charge on any atom is 0.0170 e. The van der Waals surface area contributed by atoms with Crippen molar-refractivity contribution in [3.8, 4) is 0 Å². The van der Waals surface area contributed by atoms with Gasteiger partial charge in [-0.05, 0) is 74.7 Å². The van der Waals surface area contributed by atoms with E-state index in [1.54, 1.807) is 0 Å². The molecule has 2 aromatic carbocycles. The molecule has 2 atom stereocenters. The van der Waals surface area contributed by atoms with E-state index in [0.717, 1.165) is 18.8 Å². The second-order valence-electron chi connectivity index (χ2n) is 8.69. The standard InChI is InChI=1S/C28H37N/c1-5-22(3)20-25-12-14-27(15-13-25)28(6-2)23(4)29-18-16-26(17-19-29)21-24-10-8-7-9-11-24/h6-15,23,26,28H,2-3,5,16-21H2,1,4H3. The van der Waals surface area contributed by atoms with Gasteiger partial charge in [-0.2, -0.15) is 0 Å². The lowest BCUT2D eigenvalue weighted by atomic mass is 9.86. The van der Waals surface area contributed by atoms with Crippen LogP contribution in [0.5, 0.6) is 0 Å². The molecule has 0 amide bonds. The maximum atomic E-state index is 4.17. The molecule has 1 fully saturated rings. The zero-order valence-electron chi connectivity index (χ0n) is 18.3. The topological polar surface area (TPSA) is 3.24 Å². The Labute approximate surface area is 178 Å². The highest BCUT2D eigenvalue weighted by atomic mass is 15.2. The predicted octanol–water partition coefficient (Wildman–Crippen LogP) is 6.81. The number of hydrogen-bond acceptors (Lipinski definition) is 1. The molecule has 2 unspecified atom stereocenters. The average molecular weight is 388 g/mol. The number of piperidine rings is 1. The molecule has 0 aromatic heterocycles. The third-order valence-corrected chi connectivity index (χ3v) is 6.68. The molecule has 0 spiro atoms. The van der Waals surface area contributed by atoms with Crippen molar-refractivity contribution in [1.82, 2.24) is 4.90 Å². The van der Waals surface area contributed by atoms with Crippen LogP contribution < -0.4 is 0 Å². The Morgan fingerprint density at radius 2 is 1.69 bits per heavy atom. The smallest absolute Gasteiger partial charge is 0.0170 e. The Balaban J connectivity index is 1.56. The van der Waals surface area contributed by atoms with Gasteiger partial charge in [-0.1, -0.05) is 79.7 Å². The molecule has 1 saturated heterocycles. The van der Waals surface area contributed by atoms with Crippen molar-refractivity contribution in [2.24, 2.45) is 5.92 Å². The number of likely N-dealkylation sites (tertiary alicyclic amines) is 1. The van der Waals surface area contributed by atoms with E-state index >= 15 is 0 Å². The second-order valence-corrected chi connectivity index (χ2v) is 8.69. The summed E-state index contributed by atoms with van der Waals surface area (Å²) in [4.78, 5) is 2.67. The lowest BCUT2D eigenvalue weighted by Gasteiger charge is -2.39. The summed E-state index contributed by atoms with van der Waals surface area (Å²) in [5.74, 6) is 1.19. The van der Waals surface area contributed by atoms with Gasteiger partial charge in [0, 0.05) is 12.0 Å². The Hall–Kier alpha value is -2.12. The summed E-state index contributed by atoms with van der Waals surface area (Å²) in [5, 5.41) is 0. The molecule has 1 heteroatoms. The third-order valence-electron chi connectivity index (χ3n) is 6.68. The maximum absolute atomic E-state index is 4.17. The van der Waals surface area contributed by atoms with Crippen LogP contribution in [-0.2, 0) is 12.8 Å². The molecule has 2 aromatic rings. The summed E-state index contributed by atoms with van der Waals surface area (Å²) in [6, 6.07) is 20.6. The van der Waals surface area contributed by atoms with Crippen molar-refractivity contribution < 1.29 is 0 Å². The fourth-order valence-electron chi connectivity index (χ4n) is 4.62. The van der Waals surface area contributed by atoms with E-state index in [2.05, 4.69) is 92.6 Å².